The highest BCUT2D eigenvalue weighted by Gasteiger charge is 2.34. The van der Waals surface area contributed by atoms with Gasteiger partial charge in [-0.3, -0.25) is 0 Å². The predicted octanol–water partition coefficient (Wildman–Crippen LogP) is 5.38. The zero-order valence-corrected chi connectivity index (χ0v) is 15.0. The molecule has 1 heterocycles. The summed E-state index contributed by atoms with van der Waals surface area (Å²) in [6, 6.07) is 0. The Labute approximate surface area is 135 Å². The quantitative estimate of drug-likeness (QED) is 0.513. The van der Waals surface area contributed by atoms with E-state index in [2.05, 4.69) is 25.8 Å². The summed E-state index contributed by atoms with van der Waals surface area (Å²) in [5.74, 6) is 0.453. The third-order valence-corrected chi connectivity index (χ3v) is 4.69. The molecule has 1 aromatic rings. The Hall–Kier alpha value is -1.06. The maximum atomic E-state index is 13.9. The van der Waals surface area contributed by atoms with Gasteiger partial charge in [0.05, 0.1) is 12.8 Å². The molecule has 0 aliphatic rings. The lowest BCUT2D eigenvalue weighted by Gasteiger charge is -2.31. The van der Waals surface area contributed by atoms with E-state index in [0.717, 1.165) is 25.0 Å². The normalized spacial score (nSPS) is 14.1. The van der Waals surface area contributed by atoms with Gasteiger partial charge in [0.1, 0.15) is 0 Å². The van der Waals surface area contributed by atoms with Crippen molar-refractivity contribution in [3.63, 3.8) is 0 Å². The van der Waals surface area contributed by atoms with Gasteiger partial charge in [0.2, 0.25) is 5.88 Å². The van der Waals surface area contributed by atoms with Crippen LogP contribution in [0, 0.1) is 6.08 Å². The Morgan fingerprint density at radius 2 is 1.59 bits per heavy atom. The number of ether oxygens (including phenoxy) is 1. The van der Waals surface area contributed by atoms with E-state index in [0.29, 0.717) is 5.88 Å². The van der Waals surface area contributed by atoms with Gasteiger partial charge < -0.3 is 9.30 Å². The number of rotatable bonds is 11. The number of halogens is 1. The molecule has 22 heavy (non-hydrogen) atoms. The zero-order valence-electron chi connectivity index (χ0n) is 15.0. The van der Waals surface area contributed by atoms with Crippen molar-refractivity contribution in [1.29, 1.82) is 0 Å². The molecular weight excluding hydrogens is 279 g/mol. The summed E-state index contributed by atoms with van der Waals surface area (Å²) >= 11 is 0. The molecule has 0 saturated carbocycles. The fraction of sp³-hybridized carbons (Fsp3) is 0.833. The van der Waals surface area contributed by atoms with E-state index in [4.69, 9.17) is 4.74 Å². The molecule has 1 atom stereocenters. The largest absolute Gasteiger partial charge is 0.480 e. The van der Waals surface area contributed by atoms with Crippen molar-refractivity contribution in [1.82, 2.24) is 9.55 Å². The van der Waals surface area contributed by atoms with Crippen LogP contribution < -0.4 is 4.74 Å². The van der Waals surface area contributed by atoms with E-state index in [1.165, 1.54) is 38.5 Å². The van der Waals surface area contributed by atoms with Gasteiger partial charge in [0.25, 0.3) is 6.08 Å². The molecule has 1 rings (SSSR count). The SMILES string of the molecule is CCCCCCC(C)(CCCCC)c1c(OC)nc(F)n1C. The van der Waals surface area contributed by atoms with Crippen LogP contribution in [0.2, 0.25) is 0 Å². The maximum absolute atomic E-state index is 13.9. The van der Waals surface area contributed by atoms with E-state index in [1.54, 1.807) is 18.7 Å². The smallest absolute Gasteiger partial charge is 0.292 e. The number of aromatic nitrogens is 2. The van der Waals surface area contributed by atoms with Crippen molar-refractivity contribution < 1.29 is 9.13 Å². The second-order valence-corrected chi connectivity index (χ2v) is 6.63. The minimum atomic E-state index is -0.456. The Kier molecular flexibility index (Phi) is 7.91. The number of hydrogen-bond donors (Lipinski definition) is 0. The Morgan fingerprint density at radius 1 is 1.05 bits per heavy atom. The zero-order chi connectivity index (χ0) is 16.6. The number of unbranched alkanes of at least 4 members (excludes halogenated alkanes) is 5. The van der Waals surface area contributed by atoms with Crippen molar-refractivity contribution in [2.75, 3.05) is 7.11 Å². The average Bonchev–Trinajstić information content (AvgIpc) is 2.80. The Bertz CT molecular complexity index is 445. The third-order valence-electron chi connectivity index (χ3n) is 4.69. The number of imidazole rings is 1. The maximum Gasteiger partial charge on any atom is 0.292 e. The minimum Gasteiger partial charge on any atom is -0.480 e. The van der Waals surface area contributed by atoms with Gasteiger partial charge in [-0.2, -0.15) is 9.37 Å². The van der Waals surface area contributed by atoms with Crippen molar-refractivity contribution in [2.45, 2.75) is 84.0 Å². The second-order valence-electron chi connectivity index (χ2n) is 6.63. The molecule has 0 radical (unpaired) electrons. The first-order valence-electron chi connectivity index (χ1n) is 8.76. The van der Waals surface area contributed by atoms with E-state index in [-0.39, 0.29) is 5.41 Å². The summed E-state index contributed by atoms with van der Waals surface area (Å²) in [4.78, 5) is 3.94. The topological polar surface area (TPSA) is 27.1 Å². The van der Waals surface area contributed by atoms with E-state index in [1.807, 2.05) is 0 Å². The van der Waals surface area contributed by atoms with Crippen LogP contribution in [-0.2, 0) is 12.5 Å². The van der Waals surface area contributed by atoms with Gasteiger partial charge in [-0.05, 0) is 12.8 Å². The first-order valence-corrected chi connectivity index (χ1v) is 8.76. The first kappa shape index (κ1) is 19.0. The van der Waals surface area contributed by atoms with Crippen LogP contribution in [0.3, 0.4) is 0 Å². The minimum absolute atomic E-state index is 0.0691. The number of methoxy groups -OCH3 is 1. The third kappa shape index (κ3) is 4.72. The van der Waals surface area contributed by atoms with Gasteiger partial charge >= 0.3 is 0 Å². The Balaban J connectivity index is 2.97. The summed E-state index contributed by atoms with van der Waals surface area (Å²) in [5, 5.41) is 0. The van der Waals surface area contributed by atoms with Gasteiger partial charge in [-0.15, -0.1) is 0 Å². The van der Waals surface area contributed by atoms with E-state index >= 15 is 0 Å². The molecule has 3 nitrogen and oxygen atoms in total. The standard InChI is InChI=1S/C18H33FN2O/c1-6-8-10-12-14-18(3,13-11-9-7-2)15-16(22-5)20-17(19)21(15)4/h6-14H2,1-5H3. The summed E-state index contributed by atoms with van der Waals surface area (Å²) in [7, 11) is 3.33. The van der Waals surface area contributed by atoms with E-state index < -0.39 is 6.08 Å². The van der Waals surface area contributed by atoms with E-state index in [9.17, 15) is 4.39 Å². The van der Waals surface area contributed by atoms with Gasteiger partial charge in [-0.1, -0.05) is 65.7 Å². The highest BCUT2D eigenvalue weighted by Crippen LogP contribution is 2.40. The number of nitrogens with zero attached hydrogens (tertiary/aromatic N) is 2. The molecule has 0 aromatic carbocycles. The van der Waals surface area contributed by atoms with Gasteiger partial charge in [0, 0.05) is 12.5 Å². The summed E-state index contributed by atoms with van der Waals surface area (Å²) < 4.78 is 20.8. The molecule has 128 valence electrons. The molecule has 0 amide bonds. The molecule has 0 saturated heterocycles. The monoisotopic (exact) mass is 312 g/mol. The summed E-state index contributed by atoms with van der Waals surface area (Å²) in [6.07, 6.45) is 10.1. The molecule has 1 unspecified atom stereocenters. The first-order chi connectivity index (χ1) is 10.5. The molecule has 0 bridgehead atoms. The van der Waals surface area contributed by atoms with Crippen molar-refractivity contribution >= 4 is 0 Å². The fourth-order valence-corrected chi connectivity index (χ4v) is 3.32. The van der Waals surface area contributed by atoms with Crippen molar-refractivity contribution in [3.05, 3.63) is 11.8 Å². The van der Waals surface area contributed by atoms with Crippen LogP contribution in [0.4, 0.5) is 4.39 Å². The molecule has 4 heteroatoms. The van der Waals surface area contributed by atoms with Crippen molar-refractivity contribution in [3.8, 4) is 5.88 Å². The van der Waals surface area contributed by atoms with Gasteiger partial charge in [-0.25, -0.2) is 0 Å². The molecular formula is C18H33FN2O. The summed E-state index contributed by atoms with van der Waals surface area (Å²) in [6.45, 7) is 6.68. The summed E-state index contributed by atoms with van der Waals surface area (Å²) in [5.41, 5.74) is 0.848. The van der Waals surface area contributed by atoms with Crippen molar-refractivity contribution in [2.24, 2.45) is 7.05 Å². The van der Waals surface area contributed by atoms with Crippen LogP contribution in [0.1, 0.15) is 84.3 Å². The molecule has 0 spiro atoms. The lowest BCUT2D eigenvalue weighted by atomic mass is 9.77. The lowest BCUT2D eigenvalue weighted by Crippen LogP contribution is -2.26. The lowest BCUT2D eigenvalue weighted by molar-refractivity contribution is 0.319. The predicted molar refractivity (Wildman–Crippen MR) is 90.0 cm³/mol. The molecule has 0 fully saturated rings. The van der Waals surface area contributed by atoms with Crippen LogP contribution in [0.15, 0.2) is 0 Å². The average molecular weight is 312 g/mol. The van der Waals surface area contributed by atoms with Gasteiger partial charge in [0.15, 0.2) is 0 Å². The van der Waals surface area contributed by atoms with Crippen LogP contribution in [0.5, 0.6) is 5.88 Å². The highest BCUT2D eigenvalue weighted by atomic mass is 19.1. The molecule has 0 N–H and O–H groups in total. The highest BCUT2D eigenvalue weighted by molar-refractivity contribution is 5.29. The molecule has 1 aromatic heterocycles. The van der Waals surface area contributed by atoms with Crippen LogP contribution in [0.25, 0.3) is 0 Å². The fourth-order valence-electron chi connectivity index (χ4n) is 3.32. The van der Waals surface area contributed by atoms with Crippen LogP contribution in [-0.4, -0.2) is 16.7 Å². The second kappa shape index (κ2) is 9.16. The molecule has 0 aliphatic carbocycles. The molecule has 0 aliphatic heterocycles. The number of hydrogen-bond acceptors (Lipinski definition) is 2. The Morgan fingerprint density at radius 3 is 2.14 bits per heavy atom. The van der Waals surface area contributed by atoms with Crippen LogP contribution >= 0.6 is 0 Å².